The van der Waals surface area contributed by atoms with Crippen LogP contribution >= 0.6 is 23.2 Å². The van der Waals surface area contributed by atoms with Crippen molar-refractivity contribution in [2.24, 2.45) is 0 Å². The predicted octanol–water partition coefficient (Wildman–Crippen LogP) is 3.43. The topological polar surface area (TPSA) is 29.1 Å². The molecule has 0 aliphatic rings. The molecule has 0 atom stereocenters. The van der Waals surface area contributed by atoms with Gasteiger partial charge in [-0.1, -0.05) is 29.8 Å². The van der Waals surface area contributed by atoms with Crippen molar-refractivity contribution in [2.45, 2.75) is 6.92 Å². The molecule has 0 fully saturated rings. The summed E-state index contributed by atoms with van der Waals surface area (Å²) in [7, 11) is 0. The Hall–Kier alpha value is -0.990. The fraction of sp³-hybridized carbons (Fsp3) is 0.100. The van der Waals surface area contributed by atoms with Crippen molar-refractivity contribution in [3.05, 3.63) is 40.4 Å². The van der Waals surface area contributed by atoms with E-state index in [-0.39, 0.29) is 5.91 Å². The van der Waals surface area contributed by atoms with Crippen molar-refractivity contribution in [3.63, 3.8) is 0 Å². The van der Waals surface area contributed by atoms with Gasteiger partial charge in [0.15, 0.2) is 0 Å². The molecule has 1 aromatic rings. The van der Waals surface area contributed by atoms with E-state index in [1.165, 1.54) is 6.08 Å². The summed E-state index contributed by atoms with van der Waals surface area (Å²) in [6.45, 7) is 5.18. The van der Waals surface area contributed by atoms with Crippen LogP contribution in [0.25, 0.3) is 0 Å². The molecule has 1 amide bonds. The van der Waals surface area contributed by atoms with Crippen molar-refractivity contribution >= 4 is 34.8 Å². The molecular weight excluding hydrogens is 221 g/mol. The van der Waals surface area contributed by atoms with Crippen LogP contribution in [0.4, 0.5) is 5.69 Å². The first-order chi connectivity index (χ1) is 6.54. The molecule has 0 bridgehead atoms. The molecule has 1 aromatic carbocycles. The van der Waals surface area contributed by atoms with E-state index in [9.17, 15) is 4.79 Å². The van der Waals surface area contributed by atoms with E-state index in [4.69, 9.17) is 23.2 Å². The van der Waals surface area contributed by atoms with Gasteiger partial charge in [-0.05, 0) is 30.7 Å². The van der Waals surface area contributed by atoms with Crippen LogP contribution in [0.1, 0.15) is 5.56 Å². The van der Waals surface area contributed by atoms with Gasteiger partial charge in [0.1, 0.15) is 0 Å². The number of amides is 1. The number of hydrogen-bond acceptors (Lipinski definition) is 1. The monoisotopic (exact) mass is 229 g/mol. The minimum atomic E-state index is -0.313. The van der Waals surface area contributed by atoms with Crippen LogP contribution in [-0.2, 0) is 4.79 Å². The third kappa shape index (κ3) is 2.50. The fourth-order valence-corrected chi connectivity index (χ4v) is 1.35. The lowest BCUT2D eigenvalue weighted by Gasteiger charge is -2.07. The van der Waals surface area contributed by atoms with Crippen LogP contribution in [0, 0.1) is 6.92 Å². The van der Waals surface area contributed by atoms with Crippen molar-refractivity contribution in [1.82, 2.24) is 0 Å². The standard InChI is InChI=1S/C10H9Cl2NO/c1-3-10(14)13-9-5-7(11)6(2)4-8(9)12/h3-5H,1H2,2H3,(H,13,14). The van der Waals surface area contributed by atoms with Gasteiger partial charge in [0, 0.05) is 5.02 Å². The summed E-state index contributed by atoms with van der Waals surface area (Å²) in [5.41, 5.74) is 1.36. The Morgan fingerprint density at radius 3 is 2.64 bits per heavy atom. The molecule has 0 aliphatic carbocycles. The van der Waals surface area contributed by atoms with Gasteiger partial charge >= 0.3 is 0 Å². The highest BCUT2D eigenvalue weighted by Gasteiger charge is 2.05. The van der Waals surface area contributed by atoms with Crippen LogP contribution in [0.15, 0.2) is 24.8 Å². The molecule has 4 heteroatoms. The molecule has 0 saturated heterocycles. The van der Waals surface area contributed by atoms with Crippen molar-refractivity contribution in [2.75, 3.05) is 5.32 Å². The van der Waals surface area contributed by atoms with Crippen LogP contribution in [0.2, 0.25) is 10.0 Å². The number of benzene rings is 1. The first kappa shape index (κ1) is 11.1. The highest BCUT2D eigenvalue weighted by molar-refractivity contribution is 6.36. The van der Waals surface area contributed by atoms with Crippen LogP contribution in [0.5, 0.6) is 0 Å². The van der Waals surface area contributed by atoms with Crippen molar-refractivity contribution in [1.29, 1.82) is 0 Å². The summed E-state index contributed by atoms with van der Waals surface area (Å²) < 4.78 is 0. The van der Waals surface area contributed by atoms with E-state index in [0.717, 1.165) is 5.56 Å². The second-order valence-electron chi connectivity index (χ2n) is 2.77. The number of aryl methyl sites for hydroxylation is 1. The number of nitrogens with one attached hydrogen (secondary N) is 1. The Balaban J connectivity index is 3.03. The zero-order chi connectivity index (χ0) is 10.7. The second kappa shape index (κ2) is 4.49. The van der Waals surface area contributed by atoms with E-state index in [1.54, 1.807) is 12.1 Å². The summed E-state index contributed by atoms with van der Waals surface area (Å²) in [5, 5.41) is 3.58. The zero-order valence-electron chi connectivity index (χ0n) is 7.60. The van der Waals surface area contributed by atoms with Crippen LogP contribution in [-0.4, -0.2) is 5.91 Å². The molecule has 1 N–H and O–H groups in total. The number of hydrogen-bond donors (Lipinski definition) is 1. The molecule has 0 aliphatic heterocycles. The first-order valence-electron chi connectivity index (χ1n) is 3.93. The zero-order valence-corrected chi connectivity index (χ0v) is 9.12. The van der Waals surface area contributed by atoms with Gasteiger partial charge in [0.05, 0.1) is 10.7 Å². The lowest BCUT2D eigenvalue weighted by Crippen LogP contribution is -2.07. The summed E-state index contributed by atoms with van der Waals surface area (Å²) in [6.07, 6.45) is 1.17. The smallest absolute Gasteiger partial charge is 0.247 e. The second-order valence-corrected chi connectivity index (χ2v) is 3.59. The summed E-state index contributed by atoms with van der Waals surface area (Å²) >= 11 is 11.8. The van der Waals surface area contributed by atoms with E-state index < -0.39 is 0 Å². The van der Waals surface area contributed by atoms with E-state index in [2.05, 4.69) is 11.9 Å². The number of halogens is 2. The van der Waals surface area contributed by atoms with Gasteiger partial charge in [0.25, 0.3) is 0 Å². The summed E-state index contributed by atoms with van der Waals surface area (Å²) in [6, 6.07) is 3.31. The minimum absolute atomic E-state index is 0.313. The van der Waals surface area contributed by atoms with Gasteiger partial charge in [-0.3, -0.25) is 4.79 Å². The highest BCUT2D eigenvalue weighted by atomic mass is 35.5. The SMILES string of the molecule is C=CC(=O)Nc1cc(Cl)c(C)cc1Cl. The van der Waals surface area contributed by atoms with Gasteiger partial charge < -0.3 is 5.32 Å². The lowest BCUT2D eigenvalue weighted by molar-refractivity contribution is -0.111. The van der Waals surface area contributed by atoms with Crippen LogP contribution in [0.3, 0.4) is 0 Å². The van der Waals surface area contributed by atoms with Gasteiger partial charge in [-0.25, -0.2) is 0 Å². The number of carbonyl (C=O) groups excluding carboxylic acids is 1. The molecule has 0 aromatic heterocycles. The van der Waals surface area contributed by atoms with E-state index in [1.807, 2.05) is 6.92 Å². The summed E-state index contributed by atoms with van der Waals surface area (Å²) in [5.74, 6) is -0.313. The average molecular weight is 230 g/mol. The maximum Gasteiger partial charge on any atom is 0.247 e. The van der Waals surface area contributed by atoms with Crippen molar-refractivity contribution in [3.8, 4) is 0 Å². The Morgan fingerprint density at radius 2 is 2.07 bits per heavy atom. The van der Waals surface area contributed by atoms with Gasteiger partial charge in [-0.2, -0.15) is 0 Å². The van der Waals surface area contributed by atoms with E-state index >= 15 is 0 Å². The maximum atomic E-state index is 11.0. The first-order valence-corrected chi connectivity index (χ1v) is 4.69. The average Bonchev–Trinajstić information content (AvgIpc) is 2.14. The Morgan fingerprint density at radius 1 is 1.43 bits per heavy atom. The number of rotatable bonds is 2. The molecule has 0 unspecified atom stereocenters. The number of carbonyl (C=O) groups is 1. The quantitative estimate of drug-likeness (QED) is 0.774. The molecule has 1 rings (SSSR count). The third-order valence-electron chi connectivity index (χ3n) is 1.69. The van der Waals surface area contributed by atoms with Crippen molar-refractivity contribution < 1.29 is 4.79 Å². The van der Waals surface area contributed by atoms with Gasteiger partial charge in [0.2, 0.25) is 5.91 Å². The third-order valence-corrected chi connectivity index (χ3v) is 2.41. The Bertz CT molecular complexity index is 388. The maximum absolute atomic E-state index is 11.0. The predicted molar refractivity (Wildman–Crippen MR) is 60.0 cm³/mol. The molecule has 2 nitrogen and oxygen atoms in total. The Labute approximate surface area is 92.5 Å². The number of anilines is 1. The molecule has 0 spiro atoms. The molecular formula is C10H9Cl2NO. The lowest BCUT2D eigenvalue weighted by atomic mass is 10.2. The fourth-order valence-electron chi connectivity index (χ4n) is 0.926. The largest absolute Gasteiger partial charge is 0.321 e. The molecule has 14 heavy (non-hydrogen) atoms. The Kier molecular flexibility index (Phi) is 3.55. The molecule has 0 radical (unpaired) electrons. The van der Waals surface area contributed by atoms with Gasteiger partial charge in [-0.15, -0.1) is 0 Å². The molecule has 0 heterocycles. The highest BCUT2D eigenvalue weighted by Crippen LogP contribution is 2.28. The normalized spacial score (nSPS) is 9.64. The minimum Gasteiger partial charge on any atom is -0.321 e. The summed E-state index contributed by atoms with van der Waals surface area (Å²) in [4.78, 5) is 11.0. The van der Waals surface area contributed by atoms with Crippen LogP contribution < -0.4 is 5.32 Å². The van der Waals surface area contributed by atoms with E-state index in [0.29, 0.717) is 15.7 Å². The molecule has 74 valence electrons. The molecule has 0 saturated carbocycles.